The molecule has 164 valence electrons. The molecule has 1 amide bonds. The first-order chi connectivity index (χ1) is 15.6. The first-order valence-corrected chi connectivity index (χ1v) is 11.3. The number of hydrazone groups is 1. The van der Waals surface area contributed by atoms with Gasteiger partial charge in [-0.1, -0.05) is 59.6 Å². The molecule has 1 fully saturated rings. The van der Waals surface area contributed by atoms with Crippen molar-refractivity contribution in [2.24, 2.45) is 5.10 Å². The largest absolute Gasteiger partial charge is 0.360 e. The average Bonchev–Trinajstić information content (AvgIpc) is 2.82. The van der Waals surface area contributed by atoms with Crippen LogP contribution in [0.5, 0.6) is 0 Å². The number of nitrogens with one attached hydrogen (secondary N) is 2. The molecule has 3 aromatic rings. The summed E-state index contributed by atoms with van der Waals surface area (Å²) in [5, 5.41) is 5.03. The third-order valence-corrected chi connectivity index (χ3v) is 6.16. The van der Waals surface area contributed by atoms with Crippen molar-refractivity contribution in [2.45, 2.75) is 6.54 Å². The van der Waals surface area contributed by atoms with Crippen molar-refractivity contribution in [3.05, 3.63) is 99.5 Å². The maximum Gasteiger partial charge on any atom is 0.271 e. The van der Waals surface area contributed by atoms with Gasteiger partial charge in [-0.25, -0.2) is 5.43 Å². The lowest BCUT2D eigenvalue weighted by atomic mass is 10.1. The van der Waals surface area contributed by atoms with E-state index >= 15 is 0 Å². The van der Waals surface area contributed by atoms with E-state index in [0.717, 1.165) is 32.7 Å². The van der Waals surface area contributed by atoms with Crippen LogP contribution in [0.2, 0.25) is 10.0 Å². The number of piperazine rings is 1. The quantitative estimate of drug-likeness (QED) is 0.429. The second-order valence-corrected chi connectivity index (χ2v) is 8.65. The van der Waals surface area contributed by atoms with E-state index < -0.39 is 0 Å². The van der Waals surface area contributed by atoms with E-state index in [9.17, 15) is 4.79 Å². The number of nitrogens with zero attached hydrogens (tertiary/aromatic N) is 2. The summed E-state index contributed by atoms with van der Waals surface area (Å²) < 4.78 is 0. The lowest BCUT2D eigenvalue weighted by Crippen LogP contribution is -3.13. The minimum Gasteiger partial charge on any atom is -0.360 e. The van der Waals surface area contributed by atoms with E-state index in [-0.39, 0.29) is 5.91 Å². The van der Waals surface area contributed by atoms with Crippen LogP contribution < -0.4 is 15.2 Å². The molecule has 0 radical (unpaired) electrons. The molecular weight excluding hydrogens is 443 g/mol. The van der Waals surface area contributed by atoms with Gasteiger partial charge in [-0.15, -0.1) is 0 Å². The summed E-state index contributed by atoms with van der Waals surface area (Å²) in [6.07, 6.45) is 1.50. The standard InChI is InChI=1S/C25H24Cl2N4O/c26-22-11-10-21(24(27)16-22)17-28-29-25(32)20-8-6-19(7-9-20)18-30-12-14-31(15-13-30)23-4-2-1-3-5-23/h1-11,16-17H,12-15,18H2,(H,29,32)/p+1/b28-17-. The molecule has 0 saturated carbocycles. The predicted molar refractivity (Wildman–Crippen MR) is 131 cm³/mol. The number of amides is 1. The molecule has 0 unspecified atom stereocenters. The van der Waals surface area contributed by atoms with Gasteiger partial charge >= 0.3 is 0 Å². The molecule has 4 rings (SSSR count). The van der Waals surface area contributed by atoms with Crippen LogP contribution in [0.1, 0.15) is 21.5 Å². The van der Waals surface area contributed by atoms with Crippen molar-refractivity contribution in [3.8, 4) is 0 Å². The Labute approximate surface area is 198 Å². The van der Waals surface area contributed by atoms with Crippen molar-refractivity contribution < 1.29 is 9.69 Å². The number of halogens is 2. The normalized spacial score (nSPS) is 14.6. The highest BCUT2D eigenvalue weighted by molar-refractivity contribution is 6.36. The summed E-state index contributed by atoms with van der Waals surface area (Å²) in [5.74, 6) is -0.262. The van der Waals surface area contributed by atoms with Crippen LogP contribution in [0, 0.1) is 0 Å². The Bertz CT molecular complexity index is 1080. The van der Waals surface area contributed by atoms with Crippen LogP contribution >= 0.6 is 23.2 Å². The first kappa shape index (κ1) is 22.3. The summed E-state index contributed by atoms with van der Waals surface area (Å²) in [6, 6.07) is 23.4. The average molecular weight is 468 g/mol. The van der Waals surface area contributed by atoms with Crippen LogP contribution in [0.15, 0.2) is 77.9 Å². The molecule has 0 aromatic heterocycles. The number of carbonyl (C=O) groups is 1. The molecule has 7 heteroatoms. The Balaban J connectivity index is 1.26. The van der Waals surface area contributed by atoms with Gasteiger partial charge < -0.3 is 9.80 Å². The minimum absolute atomic E-state index is 0.262. The van der Waals surface area contributed by atoms with Gasteiger partial charge in [-0.05, 0) is 36.4 Å². The summed E-state index contributed by atoms with van der Waals surface area (Å²) in [7, 11) is 0. The summed E-state index contributed by atoms with van der Waals surface area (Å²) in [5.41, 5.74) is 6.31. The first-order valence-electron chi connectivity index (χ1n) is 10.6. The molecule has 32 heavy (non-hydrogen) atoms. The highest BCUT2D eigenvalue weighted by Gasteiger charge is 2.20. The minimum atomic E-state index is -0.262. The topological polar surface area (TPSA) is 49.1 Å². The Morgan fingerprint density at radius 3 is 2.41 bits per heavy atom. The van der Waals surface area contributed by atoms with Crippen LogP contribution in [0.25, 0.3) is 0 Å². The van der Waals surface area contributed by atoms with Gasteiger partial charge in [0.05, 0.1) is 37.4 Å². The van der Waals surface area contributed by atoms with E-state index in [1.54, 1.807) is 23.1 Å². The molecule has 1 aliphatic rings. The third-order valence-electron chi connectivity index (χ3n) is 5.59. The van der Waals surface area contributed by atoms with Gasteiger partial charge in [0, 0.05) is 27.4 Å². The lowest BCUT2D eigenvalue weighted by molar-refractivity contribution is -0.914. The number of hydrogen-bond acceptors (Lipinski definition) is 3. The van der Waals surface area contributed by atoms with E-state index in [4.69, 9.17) is 23.2 Å². The maximum atomic E-state index is 12.4. The lowest BCUT2D eigenvalue weighted by Gasteiger charge is -2.33. The van der Waals surface area contributed by atoms with E-state index in [1.807, 2.05) is 24.3 Å². The fraction of sp³-hybridized carbons (Fsp3) is 0.200. The fourth-order valence-corrected chi connectivity index (χ4v) is 4.25. The number of benzene rings is 3. The number of hydrogen-bond donors (Lipinski definition) is 2. The molecule has 0 aliphatic carbocycles. The predicted octanol–water partition coefficient (Wildman–Crippen LogP) is 3.66. The van der Waals surface area contributed by atoms with Gasteiger partial charge in [0.2, 0.25) is 0 Å². The zero-order chi connectivity index (χ0) is 22.3. The van der Waals surface area contributed by atoms with Gasteiger partial charge in [0.25, 0.3) is 5.91 Å². The molecule has 0 atom stereocenters. The Morgan fingerprint density at radius 1 is 1.00 bits per heavy atom. The van der Waals surface area contributed by atoms with E-state index in [2.05, 4.69) is 45.8 Å². The van der Waals surface area contributed by atoms with Gasteiger partial charge in [0.1, 0.15) is 6.54 Å². The molecule has 0 spiro atoms. The van der Waals surface area contributed by atoms with Crippen molar-refractivity contribution in [2.75, 3.05) is 31.1 Å². The highest BCUT2D eigenvalue weighted by Crippen LogP contribution is 2.19. The Hall–Kier alpha value is -2.86. The van der Waals surface area contributed by atoms with Crippen LogP contribution in [-0.2, 0) is 6.54 Å². The van der Waals surface area contributed by atoms with Gasteiger partial charge in [-0.3, -0.25) is 4.79 Å². The molecule has 1 saturated heterocycles. The monoisotopic (exact) mass is 467 g/mol. The summed E-state index contributed by atoms with van der Waals surface area (Å²) in [4.78, 5) is 16.4. The third kappa shape index (κ3) is 5.88. The molecule has 0 bridgehead atoms. The van der Waals surface area contributed by atoms with Gasteiger partial charge in [0.15, 0.2) is 0 Å². The second-order valence-electron chi connectivity index (χ2n) is 7.81. The second kappa shape index (κ2) is 10.6. The molecule has 3 aromatic carbocycles. The van der Waals surface area contributed by atoms with E-state index in [0.29, 0.717) is 21.2 Å². The van der Waals surface area contributed by atoms with Gasteiger partial charge in [-0.2, -0.15) is 5.10 Å². The smallest absolute Gasteiger partial charge is 0.271 e. The number of para-hydroxylation sites is 1. The number of quaternary nitrogens is 1. The van der Waals surface area contributed by atoms with E-state index in [1.165, 1.54) is 17.5 Å². The zero-order valence-corrected chi connectivity index (χ0v) is 19.1. The highest BCUT2D eigenvalue weighted by atomic mass is 35.5. The van der Waals surface area contributed by atoms with Crippen LogP contribution in [0.3, 0.4) is 0 Å². The fourth-order valence-electron chi connectivity index (χ4n) is 3.79. The number of anilines is 1. The van der Waals surface area contributed by atoms with Crippen LogP contribution in [0.4, 0.5) is 5.69 Å². The number of carbonyl (C=O) groups excluding carboxylic acids is 1. The van der Waals surface area contributed by atoms with Crippen molar-refractivity contribution in [1.82, 2.24) is 5.43 Å². The summed E-state index contributed by atoms with van der Waals surface area (Å²) >= 11 is 12.0. The molecule has 1 aliphatic heterocycles. The van der Waals surface area contributed by atoms with Crippen molar-refractivity contribution >= 4 is 41.0 Å². The Kier molecular flexibility index (Phi) is 7.43. The summed E-state index contributed by atoms with van der Waals surface area (Å²) in [6.45, 7) is 5.25. The number of rotatable bonds is 6. The molecule has 2 N–H and O–H groups in total. The maximum absolute atomic E-state index is 12.4. The van der Waals surface area contributed by atoms with Crippen LogP contribution in [-0.4, -0.2) is 38.3 Å². The Morgan fingerprint density at radius 2 is 1.72 bits per heavy atom. The SMILES string of the molecule is O=C(N/N=C\c1ccc(Cl)cc1Cl)c1ccc(C[NH+]2CCN(c3ccccc3)CC2)cc1. The van der Waals surface area contributed by atoms with Crippen molar-refractivity contribution in [3.63, 3.8) is 0 Å². The molecule has 1 heterocycles. The molecule has 5 nitrogen and oxygen atoms in total. The zero-order valence-electron chi connectivity index (χ0n) is 17.6. The van der Waals surface area contributed by atoms with Crippen molar-refractivity contribution in [1.29, 1.82) is 0 Å². The molecular formula is C25H25Cl2N4O+.